The SMILES string of the molecule is C.C.C.C.C.COC1OC(COCC(C)O)C(C)C(O)C1O.COC1OC(COCC(C)OCC(C)O)C(C)C(O)C1O. The molecule has 0 aliphatic carbocycles. The zero-order valence-corrected chi connectivity index (χ0v) is 23.6. The van der Waals surface area contributed by atoms with Crippen LogP contribution >= 0.6 is 0 Å². The van der Waals surface area contributed by atoms with Gasteiger partial charge in [0.2, 0.25) is 0 Å². The zero-order valence-electron chi connectivity index (χ0n) is 23.6. The van der Waals surface area contributed by atoms with Gasteiger partial charge in [-0.3, -0.25) is 0 Å². The third-order valence-corrected chi connectivity index (χ3v) is 6.49. The Labute approximate surface area is 262 Å². The van der Waals surface area contributed by atoms with Crippen molar-refractivity contribution in [3.63, 3.8) is 0 Å². The Balaban J connectivity index is -0.000000204. The lowest BCUT2D eigenvalue weighted by Gasteiger charge is -2.40. The van der Waals surface area contributed by atoms with Crippen LogP contribution < -0.4 is 0 Å². The van der Waals surface area contributed by atoms with Gasteiger partial charge in [-0.15, -0.1) is 0 Å². The lowest BCUT2D eigenvalue weighted by atomic mass is 9.91. The molecule has 0 radical (unpaired) electrons. The van der Waals surface area contributed by atoms with Crippen molar-refractivity contribution in [1.29, 1.82) is 0 Å². The number of aliphatic hydroxyl groups is 6. The molecular weight excluding hydrogens is 568 g/mol. The molecule has 2 heterocycles. The number of methoxy groups -OCH3 is 2. The predicted octanol–water partition coefficient (Wildman–Crippen LogP) is 1.81. The first kappa shape index (κ1) is 52.0. The van der Waals surface area contributed by atoms with Gasteiger partial charge in [0.25, 0.3) is 0 Å². The fraction of sp³-hybridized carbons (Fsp3) is 1.00. The number of hydrogen-bond acceptors (Lipinski definition) is 13. The molecule has 6 N–H and O–H groups in total. The summed E-state index contributed by atoms with van der Waals surface area (Å²) in [5.74, 6) is -0.523. The fourth-order valence-electron chi connectivity index (χ4n) is 3.97. The van der Waals surface area contributed by atoms with Crippen molar-refractivity contribution in [3.05, 3.63) is 0 Å². The molecule has 2 rings (SSSR count). The van der Waals surface area contributed by atoms with Crippen LogP contribution in [-0.4, -0.2) is 145 Å². The van der Waals surface area contributed by atoms with Crippen LogP contribution in [0.15, 0.2) is 0 Å². The minimum Gasteiger partial charge on any atom is -0.391 e. The normalized spacial score (nSPS) is 33.7. The molecular formula is C30H70O13. The minimum absolute atomic E-state index is 0. The monoisotopic (exact) mass is 638 g/mol. The predicted molar refractivity (Wildman–Crippen MR) is 168 cm³/mol. The van der Waals surface area contributed by atoms with Gasteiger partial charge in [0.1, 0.15) is 12.2 Å². The Morgan fingerprint density at radius 1 is 0.581 bits per heavy atom. The van der Waals surface area contributed by atoms with Crippen molar-refractivity contribution in [2.24, 2.45) is 11.8 Å². The van der Waals surface area contributed by atoms with Gasteiger partial charge in [-0.25, -0.2) is 0 Å². The van der Waals surface area contributed by atoms with Crippen molar-refractivity contribution >= 4 is 0 Å². The largest absolute Gasteiger partial charge is 0.391 e. The summed E-state index contributed by atoms with van der Waals surface area (Å²) in [5.41, 5.74) is 0. The van der Waals surface area contributed by atoms with Crippen LogP contribution in [0.3, 0.4) is 0 Å². The first-order chi connectivity index (χ1) is 17.8. The second-order valence-electron chi connectivity index (χ2n) is 10.2. The Hall–Kier alpha value is -0.520. The number of ether oxygens (including phenoxy) is 7. The van der Waals surface area contributed by atoms with Crippen LogP contribution in [0.1, 0.15) is 71.8 Å². The van der Waals surface area contributed by atoms with Crippen molar-refractivity contribution in [1.82, 2.24) is 0 Å². The smallest absolute Gasteiger partial charge is 0.186 e. The molecule has 2 aliphatic heterocycles. The van der Waals surface area contributed by atoms with Crippen LogP contribution in [0.4, 0.5) is 0 Å². The third kappa shape index (κ3) is 17.7. The number of rotatable bonds is 13. The van der Waals surface area contributed by atoms with E-state index in [9.17, 15) is 20.4 Å². The van der Waals surface area contributed by atoms with Gasteiger partial charge in [0.15, 0.2) is 12.6 Å². The van der Waals surface area contributed by atoms with Gasteiger partial charge < -0.3 is 63.8 Å². The first-order valence-corrected chi connectivity index (χ1v) is 13.1. The minimum atomic E-state index is -1.06. The molecule has 0 saturated carbocycles. The van der Waals surface area contributed by atoms with E-state index >= 15 is 0 Å². The van der Waals surface area contributed by atoms with E-state index in [2.05, 4.69) is 0 Å². The molecule has 13 atom stereocenters. The highest BCUT2D eigenvalue weighted by atomic mass is 16.7. The van der Waals surface area contributed by atoms with Crippen LogP contribution in [-0.2, 0) is 33.2 Å². The van der Waals surface area contributed by atoms with E-state index in [1.807, 2.05) is 6.92 Å². The molecule has 268 valence electrons. The Bertz CT molecular complexity index is 609. The second kappa shape index (κ2) is 26.7. The molecule has 0 spiro atoms. The van der Waals surface area contributed by atoms with Crippen molar-refractivity contribution in [3.8, 4) is 0 Å². The van der Waals surface area contributed by atoms with Gasteiger partial charge in [0.05, 0.1) is 75.8 Å². The van der Waals surface area contributed by atoms with Crippen molar-refractivity contribution in [2.75, 3.05) is 47.3 Å². The summed E-state index contributed by atoms with van der Waals surface area (Å²) in [6.07, 6.45) is -7.56. The van der Waals surface area contributed by atoms with E-state index in [4.69, 9.17) is 43.4 Å². The quantitative estimate of drug-likeness (QED) is 0.172. The summed E-state index contributed by atoms with van der Waals surface area (Å²) in [6, 6.07) is 0. The average Bonchev–Trinajstić information content (AvgIpc) is 2.87. The topological polar surface area (TPSA) is 186 Å². The maximum absolute atomic E-state index is 9.95. The molecule has 0 aromatic rings. The van der Waals surface area contributed by atoms with Gasteiger partial charge in [0, 0.05) is 26.1 Å². The van der Waals surface area contributed by atoms with E-state index in [1.165, 1.54) is 14.2 Å². The highest BCUT2D eigenvalue weighted by Crippen LogP contribution is 2.27. The van der Waals surface area contributed by atoms with E-state index in [1.54, 1.807) is 27.7 Å². The number of aliphatic hydroxyl groups excluding tert-OH is 6. The average molecular weight is 639 g/mol. The van der Waals surface area contributed by atoms with Crippen LogP contribution in [0.5, 0.6) is 0 Å². The molecule has 43 heavy (non-hydrogen) atoms. The van der Waals surface area contributed by atoms with Crippen LogP contribution in [0.2, 0.25) is 0 Å². The summed E-state index contributed by atoms with van der Waals surface area (Å²) >= 11 is 0. The second-order valence-corrected chi connectivity index (χ2v) is 10.2. The Morgan fingerprint density at radius 2 is 0.930 bits per heavy atom. The molecule has 13 nitrogen and oxygen atoms in total. The molecule has 0 aromatic heterocycles. The van der Waals surface area contributed by atoms with E-state index in [-0.39, 0.29) is 93.7 Å². The molecule has 13 heteroatoms. The fourth-order valence-corrected chi connectivity index (χ4v) is 3.97. The maximum Gasteiger partial charge on any atom is 0.186 e. The maximum atomic E-state index is 9.95. The van der Waals surface area contributed by atoms with Crippen molar-refractivity contribution < 1.29 is 63.8 Å². The molecule has 0 amide bonds. The summed E-state index contributed by atoms with van der Waals surface area (Å²) in [5, 5.41) is 57.4. The Kier molecular flexibility index (Phi) is 32.3. The highest BCUT2D eigenvalue weighted by Gasteiger charge is 2.43. The molecule has 2 saturated heterocycles. The number of hydrogen-bond donors (Lipinski definition) is 6. The summed E-state index contributed by atoms with van der Waals surface area (Å²) < 4.78 is 37.2. The summed E-state index contributed by atoms with van der Waals surface area (Å²) in [6.45, 7) is 10.0. The van der Waals surface area contributed by atoms with E-state index in [0.29, 0.717) is 6.61 Å². The van der Waals surface area contributed by atoms with E-state index in [0.717, 1.165) is 0 Å². The van der Waals surface area contributed by atoms with Crippen LogP contribution in [0.25, 0.3) is 0 Å². The van der Waals surface area contributed by atoms with Crippen LogP contribution in [0, 0.1) is 11.8 Å². The standard InChI is InChI=1S/C14H28O7.C11H22O6.5CH4/c1-8(15)5-20-9(2)6-19-7-11-10(3)12(16)13(17)14(18-4)21-11;1-6(12)4-16-5-8-7(2)9(13)10(14)11(15-3)17-8;;;;;/h8-17H,5-7H2,1-4H3;6-14H,4-5H2,1-3H3;5*1H4. The van der Waals surface area contributed by atoms with Gasteiger partial charge >= 0.3 is 0 Å². The highest BCUT2D eigenvalue weighted by molar-refractivity contribution is 4.87. The lowest BCUT2D eigenvalue weighted by Crippen LogP contribution is -2.55. The summed E-state index contributed by atoms with van der Waals surface area (Å²) in [7, 11) is 2.82. The lowest BCUT2D eigenvalue weighted by molar-refractivity contribution is -0.283. The molecule has 0 aromatic carbocycles. The van der Waals surface area contributed by atoms with Crippen molar-refractivity contribution in [2.45, 2.75) is 139 Å². The molecule has 0 bridgehead atoms. The van der Waals surface area contributed by atoms with Gasteiger partial charge in [-0.1, -0.05) is 51.0 Å². The zero-order chi connectivity index (χ0) is 29.0. The first-order valence-electron chi connectivity index (χ1n) is 13.1. The molecule has 2 fully saturated rings. The molecule has 13 unspecified atom stereocenters. The van der Waals surface area contributed by atoms with Gasteiger partial charge in [-0.05, 0) is 20.8 Å². The van der Waals surface area contributed by atoms with Gasteiger partial charge in [-0.2, -0.15) is 0 Å². The summed E-state index contributed by atoms with van der Waals surface area (Å²) in [4.78, 5) is 0. The molecule has 2 aliphatic rings. The third-order valence-electron chi connectivity index (χ3n) is 6.49. The van der Waals surface area contributed by atoms with E-state index < -0.39 is 49.2 Å². The Morgan fingerprint density at radius 3 is 1.26 bits per heavy atom.